The fourth-order valence-electron chi connectivity index (χ4n) is 10.3. The maximum absolute atomic E-state index is 13.9. The van der Waals surface area contributed by atoms with E-state index in [2.05, 4.69) is 0 Å². The van der Waals surface area contributed by atoms with Crippen molar-refractivity contribution >= 4 is 17.7 Å². The van der Waals surface area contributed by atoms with Crippen LogP contribution in [0.25, 0.3) is 0 Å². The second-order valence-corrected chi connectivity index (χ2v) is 12.6. The fourth-order valence-corrected chi connectivity index (χ4v) is 10.3. The second-order valence-electron chi connectivity index (χ2n) is 12.6. The number of hydrogen-bond donors (Lipinski definition) is 2. The van der Waals surface area contributed by atoms with Crippen LogP contribution in [-0.4, -0.2) is 51.8 Å². The fraction of sp³-hybridized carbons (Fsp3) is 0.800. The molecule has 0 aromatic heterocycles. The van der Waals surface area contributed by atoms with Gasteiger partial charge in [0.15, 0.2) is 0 Å². The lowest BCUT2D eigenvalue weighted by Crippen LogP contribution is -2.77. The Balaban J connectivity index is 1.61. The van der Waals surface area contributed by atoms with Crippen molar-refractivity contribution < 1.29 is 34.1 Å². The van der Waals surface area contributed by atoms with Gasteiger partial charge in [-0.2, -0.15) is 0 Å². The highest BCUT2D eigenvalue weighted by molar-refractivity contribution is 5.98. The van der Waals surface area contributed by atoms with E-state index in [1.807, 2.05) is 33.8 Å². The van der Waals surface area contributed by atoms with E-state index in [-0.39, 0.29) is 18.3 Å². The number of esters is 2. The van der Waals surface area contributed by atoms with Crippen LogP contribution in [0.4, 0.5) is 0 Å². The number of aliphatic hydroxyl groups is 2. The smallest absolute Gasteiger partial charge is 0.331 e. The van der Waals surface area contributed by atoms with Crippen molar-refractivity contribution in [1.29, 1.82) is 0 Å². The minimum Gasteiger partial charge on any atom is -0.465 e. The topological polar surface area (TPSA) is 110 Å². The molecule has 5 saturated carbocycles. The molecule has 7 heteroatoms. The highest BCUT2D eigenvalue weighted by Gasteiger charge is 2.91. The maximum atomic E-state index is 13.9. The van der Waals surface area contributed by atoms with Crippen molar-refractivity contribution in [3.05, 3.63) is 12.2 Å². The molecule has 174 valence electrons. The number of aliphatic hydroxyl groups excluding tert-OH is 1. The van der Waals surface area contributed by atoms with Crippen LogP contribution in [0.15, 0.2) is 12.2 Å². The summed E-state index contributed by atoms with van der Waals surface area (Å²) in [6.07, 6.45) is 4.22. The lowest BCUT2D eigenvalue weighted by molar-refractivity contribution is -0.281. The molecular formula is C25H32O7. The number of rotatable bonds is 0. The van der Waals surface area contributed by atoms with Gasteiger partial charge in [0, 0.05) is 16.9 Å². The molecule has 6 fully saturated rings. The number of ether oxygens (including phenoxy) is 2. The van der Waals surface area contributed by atoms with Gasteiger partial charge in [0.1, 0.15) is 11.4 Å². The van der Waals surface area contributed by atoms with Crippen LogP contribution in [0.3, 0.4) is 0 Å². The zero-order valence-electron chi connectivity index (χ0n) is 19.4. The molecule has 7 nitrogen and oxygen atoms in total. The molecule has 0 amide bonds. The zero-order chi connectivity index (χ0) is 23.3. The van der Waals surface area contributed by atoms with E-state index in [1.54, 1.807) is 6.92 Å². The maximum Gasteiger partial charge on any atom is 0.331 e. The molecule has 2 aliphatic heterocycles. The van der Waals surface area contributed by atoms with E-state index in [1.165, 1.54) is 6.08 Å². The summed E-state index contributed by atoms with van der Waals surface area (Å²) >= 11 is 0. The Hall–Kier alpha value is -1.73. The lowest BCUT2D eigenvalue weighted by Gasteiger charge is -2.71. The molecule has 3 spiro atoms. The summed E-state index contributed by atoms with van der Waals surface area (Å²) < 4.78 is 11.4. The Morgan fingerprint density at radius 3 is 2.41 bits per heavy atom. The molecule has 4 bridgehead atoms. The Labute approximate surface area is 187 Å². The third-order valence-electron chi connectivity index (χ3n) is 11.5. The van der Waals surface area contributed by atoms with Crippen molar-refractivity contribution in [3.8, 4) is 0 Å². The number of cyclic esters (lactones) is 2. The van der Waals surface area contributed by atoms with E-state index >= 15 is 0 Å². The van der Waals surface area contributed by atoms with Crippen molar-refractivity contribution in [2.45, 2.75) is 77.6 Å². The average molecular weight is 445 g/mol. The van der Waals surface area contributed by atoms with Crippen molar-refractivity contribution in [2.75, 3.05) is 6.61 Å². The quantitative estimate of drug-likeness (QED) is 0.550. The largest absolute Gasteiger partial charge is 0.465 e. The molecule has 0 aromatic carbocycles. The molecule has 2 N–H and O–H groups in total. The molecule has 1 saturated heterocycles. The van der Waals surface area contributed by atoms with Gasteiger partial charge in [-0.1, -0.05) is 19.9 Å². The molecule has 5 aliphatic carbocycles. The summed E-state index contributed by atoms with van der Waals surface area (Å²) in [6, 6.07) is 0. The van der Waals surface area contributed by atoms with Gasteiger partial charge in [-0.3, -0.25) is 9.59 Å². The monoisotopic (exact) mass is 444 g/mol. The van der Waals surface area contributed by atoms with Gasteiger partial charge in [0.2, 0.25) is 0 Å². The second kappa shape index (κ2) is 5.17. The Morgan fingerprint density at radius 2 is 1.75 bits per heavy atom. The summed E-state index contributed by atoms with van der Waals surface area (Å²) in [5.74, 6) is -1.93. The minimum absolute atomic E-state index is 0.0122. The number of ketones is 1. The predicted octanol–water partition coefficient (Wildman–Crippen LogP) is 1.93. The summed E-state index contributed by atoms with van der Waals surface area (Å²) in [5, 5.41) is 23.7. The third-order valence-corrected chi connectivity index (χ3v) is 11.5. The molecule has 7 aliphatic rings. The van der Waals surface area contributed by atoms with Crippen molar-refractivity contribution in [1.82, 2.24) is 0 Å². The van der Waals surface area contributed by atoms with E-state index in [0.717, 1.165) is 0 Å². The van der Waals surface area contributed by atoms with Crippen LogP contribution >= 0.6 is 0 Å². The first-order chi connectivity index (χ1) is 14.7. The lowest BCUT2D eigenvalue weighted by atomic mass is 9.31. The Bertz CT molecular complexity index is 1030. The van der Waals surface area contributed by atoms with Gasteiger partial charge in [-0.25, -0.2) is 4.79 Å². The number of hydrogen-bond acceptors (Lipinski definition) is 7. The van der Waals surface area contributed by atoms with Gasteiger partial charge in [-0.05, 0) is 57.8 Å². The minimum atomic E-state index is -1.30. The molecule has 9 atom stereocenters. The summed E-state index contributed by atoms with van der Waals surface area (Å²) in [5.41, 5.74) is -6.36. The number of Topliss-reactive ketones (excluding diaryl/α,β-unsaturated/α-hetero) is 1. The van der Waals surface area contributed by atoms with Crippen LogP contribution in [0, 0.1) is 38.9 Å². The van der Waals surface area contributed by atoms with Gasteiger partial charge < -0.3 is 19.7 Å². The van der Waals surface area contributed by atoms with E-state index < -0.39 is 62.2 Å². The number of carbonyl (C=O) groups excluding carboxylic acids is 3. The first kappa shape index (κ1) is 20.8. The molecule has 7 rings (SSSR count). The molecule has 2 heterocycles. The van der Waals surface area contributed by atoms with Crippen LogP contribution in [0.1, 0.15) is 60.3 Å². The molecule has 32 heavy (non-hydrogen) atoms. The summed E-state index contributed by atoms with van der Waals surface area (Å²) in [7, 11) is 0. The van der Waals surface area contributed by atoms with Gasteiger partial charge in [-0.15, -0.1) is 0 Å². The average Bonchev–Trinajstić information content (AvgIpc) is 3.13. The highest BCUT2D eigenvalue weighted by Crippen LogP contribution is 2.86. The SMILES string of the molecule is CC1(C)OC(=O)C=C[C@]12CC[C@]13C[C@]4(C)C(=O)[C@](C)(C[C@H]1[C@@]2(C)O)[C@]31COC(=O)[C@@H]1[C@H]4O. The first-order valence-corrected chi connectivity index (χ1v) is 11.7. The summed E-state index contributed by atoms with van der Waals surface area (Å²) in [6.45, 7) is 9.33. The predicted molar refractivity (Wildman–Crippen MR) is 111 cm³/mol. The summed E-state index contributed by atoms with van der Waals surface area (Å²) in [4.78, 5) is 39.0. The third kappa shape index (κ3) is 1.64. The van der Waals surface area contributed by atoms with Crippen molar-refractivity contribution in [2.24, 2.45) is 38.9 Å². The Kier molecular flexibility index (Phi) is 3.37. The van der Waals surface area contributed by atoms with Crippen LogP contribution in [-0.2, 0) is 23.9 Å². The van der Waals surface area contributed by atoms with E-state index in [9.17, 15) is 24.6 Å². The molecular weight excluding hydrogens is 412 g/mol. The molecule has 0 radical (unpaired) electrons. The number of carbonyl (C=O) groups is 3. The van der Waals surface area contributed by atoms with Crippen LogP contribution in [0.5, 0.6) is 0 Å². The van der Waals surface area contributed by atoms with Crippen LogP contribution < -0.4 is 0 Å². The Morgan fingerprint density at radius 1 is 1.06 bits per heavy atom. The standard InChI is InChI=1S/C25H32O7/c1-19(2)24(7-6-14(26)32-19)9-8-23-11-20(3)16(27)15-17(28)31-12-25(15,23)21(4,18(20)29)10-13(23)22(24,5)30/h6-7,13,15-16,27,30H,8-12H2,1-5H3/t13-,15-,16+,20-,21-,22+,23-,24-,25+/m0/s1. The van der Waals surface area contributed by atoms with Gasteiger partial charge >= 0.3 is 11.9 Å². The van der Waals surface area contributed by atoms with E-state index in [4.69, 9.17) is 9.47 Å². The van der Waals surface area contributed by atoms with E-state index in [0.29, 0.717) is 25.7 Å². The van der Waals surface area contributed by atoms with Gasteiger partial charge in [0.05, 0.1) is 35.1 Å². The van der Waals surface area contributed by atoms with Gasteiger partial charge in [0.25, 0.3) is 0 Å². The first-order valence-electron chi connectivity index (χ1n) is 11.7. The van der Waals surface area contributed by atoms with Crippen LogP contribution in [0.2, 0.25) is 0 Å². The zero-order valence-corrected chi connectivity index (χ0v) is 19.4. The van der Waals surface area contributed by atoms with Crippen molar-refractivity contribution in [3.63, 3.8) is 0 Å². The molecule has 0 aromatic rings. The molecule has 0 unspecified atom stereocenters. The highest BCUT2D eigenvalue weighted by atomic mass is 16.6. The normalized spacial score (nSPS) is 59.1.